The van der Waals surface area contributed by atoms with Gasteiger partial charge in [0.2, 0.25) is 5.91 Å². The second kappa shape index (κ2) is 7.62. The van der Waals surface area contributed by atoms with Gasteiger partial charge in [-0.05, 0) is 62.9 Å². The van der Waals surface area contributed by atoms with Crippen molar-refractivity contribution in [1.29, 1.82) is 0 Å². The summed E-state index contributed by atoms with van der Waals surface area (Å²) in [6, 6.07) is 8.04. The van der Waals surface area contributed by atoms with Crippen molar-refractivity contribution in [2.45, 2.75) is 44.6 Å². The Kier molecular flexibility index (Phi) is 5.08. The molecule has 7 heteroatoms. The maximum absolute atomic E-state index is 13.2. The number of rotatable bonds is 2. The Balaban J connectivity index is 1.36. The maximum atomic E-state index is 13.2. The molecule has 0 aromatic carbocycles. The van der Waals surface area contributed by atoms with Crippen LogP contribution in [0.2, 0.25) is 0 Å². The zero-order valence-electron chi connectivity index (χ0n) is 17.6. The molecule has 2 aromatic rings. The first kappa shape index (κ1) is 20.0. The Bertz CT molecular complexity index is 942. The van der Waals surface area contributed by atoms with E-state index in [4.69, 9.17) is 10.5 Å². The van der Waals surface area contributed by atoms with Gasteiger partial charge in [-0.15, -0.1) is 11.3 Å². The lowest BCUT2D eigenvalue weighted by molar-refractivity contribution is -0.150. The number of thiophene rings is 1. The number of carbonyl (C=O) groups excluding carboxylic acids is 1. The standard InChI is InChI=1S/C23H30N4O2S/c1-22(7-3-10-25-15-22)21(28)27-11-8-23(9-12-27)16-14-19(30-18(16)6-13-29-23)17-4-2-5-20(24)26-17/h2,4-5,14,25H,3,6-13,15H2,1H3,(H2,24,26). The second-order valence-electron chi connectivity index (χ2n) is 9.12. The van der Waals surface area contributed by atoms with Crippen LogP contribution >= 0.6 is 11.3 Å². The largest absolute Gasteiger partial charge is 0.384 e. The Morgan fingerprint density at radius 2 is 2.13 bits per heavy atom. The number of nitrogens with one attached hydrogen (secondary N) is 1. The monoisotopic (exact) mass is 426 g/mol. The van der Waals surface area contributed by atoms with E-state index in [9.17, 15) is 4.79 Å². The van der Waals surface area contributed by atoms with Gasteiger partial charge in [-0.25, -0.2) is 4.98 Å². The highest BCUT2D eigenvalue weighted by Gasteiger charge is 2.45. The molecule has 6 nitrogen and oxygen atoms in total. The Morgan fingerprint density at radius 3 is 2.87 bits per heavy atom. The van der Waals surface area contributed by atoms with Crippen molar-refractivity contribution in [2.24, 2.45) is 5.41 Å². The highest BCUT2D eigenvalue weighted by Crippen LogP contribution is 2.47. The lowest BCUT2D eigenvalue weighted by Gasteiger charge is -2.46. The number of anilines is 1. The summed E-state index contributed by atoms with van der Waals surface area (Å²) >= 11 is 1.81. The van der Waals surface area contributed by atoms with Crippen LogP contribution < -0.4 is 11.1 Å². The number of fused-ring (bicyclic) bond motifs is 2. The molecule has 1 spiro atoms. The maximum Gasteiger partial charge on any atom is 0.229 e. The molecule has 1 atom stereocenters. The normalized spacial score (nSPS) is 25.8. The van der Waals surface area contributed by atoms with Gasteiger partial charge in [0.15, 0.2) is 0 Å². The van der Waals surface area contributed by atoms with Crippen molar-refractivity contribution in [3.05, 3.63) is 34.7 Å². The van der Waals surface area contributed by atoms with Gasteiger partial charge in [-0.1, -0.05) is 6.07 Å². The fourth-order valence-electron chi connectivity index (χ4n) is 5.24. The number of nitrogens with two attached hydrogens (primary N) is 1. The summed E-state index contributed by atoms with van der Waals surface area (Å²) in [4.78, 5) is 22.4. The summed E-state index contributed by atoms with van der Waals surface area (Å²) in [6.45, 7) is 6.18. The molecule has 5 heterocycles. The number of hydrogen-bond donors (Lipinski definition) is 2. The van der Waals surface area contributed by atoms with Gasteiger partial charge in [0, 0.05) is 30.9 Å². The molecule has 0 saturated carbocycles. The minimum atomic E-state index is -0.273. The highest BCUT2D eigenvalue weighted by atomic mass is 32.1. The van der Waals surface area contributed by atoms with E-state index in [-0.39, 0.29) is 11.0 Å². The van der Waals surface area contributed by atoms with Crippen LogP contribution in [0.15, 0.2) is 24.3 Å². The summed E-state index contributed by atoms with van der Waals surface area (Å²) in [6.07, 6.45) is 4.70. The van der Waals surface area contributed by atoms with Crippen molar-refractivity contribution >= 4 is 23.1 Å². The lowest BCUT2D eigenvalue weighted by atomic mass is 9.78. The van der Waals surface area contributed by atoms with Crippen molar-refractivity contribution < 1.29 is 9.53 Å². The number of hydrogen-bond acceptors (Lipinski definition) is 6. The second-order valence-corrected chi connectivity index (χ2v) is 10.3. The van der Waals surface area contributed by atoms with Crippen molar-refractivity contribution in [2.75, 3.05) is 38.5 Å². The van der Waals surface area contributed by atoms with E-state index in [0.717, 1.165) is 75.5 Å². The fourth-order valence-corrected chi connectivity index (χ4v) is 6.44. The van der Waals surface area contributed by atoms with E-state index in [1.165, 1.54) is 10.4 Å². The highest BCUT2D eigenvalue weighted by molar-refractivity contribution is 7.15. The first-order chi connectivity index (χ1) is 14.5. The first-order valence-corrected chi connectivity index (χ1v) is 11.8. The van der Waals surface area contributed by atoms with E-state index in [2.05, 4.69) is 28.2 Å². The molecule has 3 N–H and O–H groups in total. The molecule has 1 amide bonds. The molecule has 3 aliphatic rings. The number of pyridine rings is 1. The quantitative estimate of drug-likeness (QED) is 0.771. The number of amides is 1. The summed E-state index contributed by atoms with van der Waals surface area (Å²) in [5.41, 5.74) is 7.58. The molecular formula is C23H30N4O2S. The molecule has 0 radical (unpaired) electrons. The van der Waals surface area contributed by atoms with Crippen molar-refractivity contribution in [1.82, 2.24) is 15.2 Å². The number of likely N-dealkylation sites (tertiary alicyclic amines) is 1. The number of carbonyl (C=O) groups is 1. The molecule has 2 saturated heterocycles. The number of piperidine rings is 2. The molecule has 2 fully saturated rings. The smallest absolute Gasteiger partial charge is 0.229 e. The average molecular weight is 427 g/mol. The molecule has 0 aliphatic carbocycles. The zero-order chi connectivity index (χ0) is 20.8. The molecular weight excluding hydrogens is 396 g/mol. The first-order valence-electron chi connectivity index (χ1n) is 11.0. The summed E-state index contributed by atoms with van der Waals surface area (Å²) in [5.74, 6) is 0.845. The molecule has 3 aliphatic heterocycles. The van der Waals surface area contributed by atoms with Gasteiger partial charge in [0.25, 0.3) is 0 Å². The van der Waals surface area contributed by atoms with Crippen LogP contribution in [-0.2, 0) is 21.6 Å². The van der Waals surface area contributed by atoms with Gasteiger partial charge in [-0.3, -0.25) is 4.79 Å². The van der Waals surface area contributed by atoms with Gasteiger partial charge < -0.3 is 20.7 Å². The number of ether oxygens (including phenoxy) is 1. The third-order valence-electron chi connectivity index (χ3n) is 7.00. The van der Waals surface area contributed by atoms with Crippen molar-refractivity contribution in [3.63, 3.8) is 0 Å². The van der Waals surface area contributed by atoms with E-state index in [1.54, 1.807) is 0 Å². The Hall–Kier alpha value is -1.96. The SMILES string of the molecule is CC1(C(=O)N2CCC3(CC2)OCCc2sc(-c4cccc(N)n4)cc23)CCCNC1. The van der Waals surface area contributed by atoms with E-state index in [0.29, 0.717) is 11.7 Å². The van der Waals surface area contributed by atoms with Gasteiger partial charge in [0.1, 0.15) is 5.82 Å². The topological polar surface area (TPSA) is 80.5 Å². The number of aromatic nitrogens is 1. The van der Waals surface area contributed by atoms with Crippen LogP contribution in [0, 0.1) is 5.41 Å². The molecule has 5 rings (SSSR count). The third-order valence-corrected chi connectivity index (χ3v) is 8.22. The van der Waals surface area contributed by atoms with E-state index in [1.807, 2.05) is 29.5 Å². The predicted octanol–water partition coefficient (Wildman–Crippen LogP) is 3.17. The van der Waals surface area contributed by atoms with Gasteiger partial charge in [-0.2, -0.15) is 0 Å². The van der Waals surface area contributed by atoms with Gasteiger partial charge in [0.05, 0.1) is 28.2 Å². The molecule has 1 unspecified atom stereocenters. The minimum Gasteiger partial charge on any atom is -0.384 e. The number of nitrogens with zero attached hydrogens (tertiary/aromatic N) is 2. The molecule has 0 bridgehead atoms. The van der Waals surface area contributed by atoms with Crippen LogP contribution in [0.1, 0.15) is 43.0 Å². The minimum absolute atomic E-state index is 0.268. The summed E-state index contributed by atoms with van der Waals surface area (Å²) < 4.78 is 6.42. The van der Waals surface area contributed by atoms with Crippen LogP contribution in [0.5, 0.6) is 0 Å². The summed E-state index contributed by atoms with van der Waals surface area (Å²) in [5, 5.41) is 3.40. The van der Waals surface area contributed by atoms with Crippen LogP contribution in [0.4, 0.5) is 5.82 Å². The van der Waals surface area contributed by atoms with Crippen molar-refractivity contribution in [3.8, 4) is 10.6 Å². The van der Waals surface area contributed by atoms with E-state index < -0.39 is 0 Å². The predicted molar refractivity (Wildman–Crippen MR) is 119 cm³/mol. The molecule has 2 aromatic heterocycles. The third kappa shape index (κ3) is 3.43. The van der Waals surface area contributed by atoms with Crippen LogP contribution in [-0.4, -0.2) is 48.6 Å². The Morgan fingerprint density at radius 1 is 1.30 bits per heavy atom. The molecule has 160 valence electrons. The van der Waals surface area contributed by atoms with E-state index >= 15 is 0 Å². The summed E-state index contributed by atoms with van der Waals surface area (Å²) in [7, 11) is 0. The number of nitrogen functional groups attached to an aromatic ring is 1. The average Bonchev–Trinajstić information content (AvgIpc) is 3.21. The van der Waals surface area contributed by atoms with Crippen LogP contribution in [0.25, 0.3) is 10.6 Å². The molecule has 30 heavy (non-hydrogen) atoms. The van der Waals surface area contributed by atoms with Crippen LogP contribution in [0.3, 0.4) is 0 Å². The Labute approximate surface area is 181 Å². The zero-order valence-corrected chi connectivity index (χ0v) is 18.4. The van der Waals surface area contributed by atoms with Gasteiger partial charge >= 0.3 is 0 Å². The fraction of sp³-hybridized carbons (Fsp3) is 0.565. The lowest BCUT2D eigenvalue weighted by Crippen LogP contribution is -2.54.